The van der Waals surface area contributed by atoms with E-state index in [0.717, 1.165) is 48.9 Å². The van der Waals surface area contributed by atoms with Crippen LogP contribution in [-0.2, 0) is 14.3 Å². The van der Waals surface area contributed by atoms with Crippen LogP contribution in [0, 0.1) is 12.8 Å². The molecule has 2 saturated heterocycles. The number of ether oxygens (including phenoxy) is 1. The molecule has 0 spiro atoms. The van der Waals surface area contributed by atoms with E-state index in [0.29, 0.717) is 12.0 Å². The Bertz CT molecular complexity index is 754. The van der Waals surface area contributed by atoms with Gasteiger partial charge in [0.2, 0.25) is 11.0 Å². The maximum Gasteiger partial charge on any atom is 0.490 e. The molecule has 3 aliphatic rings. The van der Waals surface area contributed by atoms with Gasteiger partial charge in [-0.25, -0.2) is 4.79 Å². The number of alkyl halides is 3. The van der Waals surface area contributed by atoms with Crippen molar-refractivity contribution >= 4 is 28.3 Å². The van der Waals surface area contributed by atoms with E-state index in [9.17, 15) is 18.0 Å². The van der Waals surface area contributed by atoms with Crippen molar-refractivity contribution in [3.8, 4) is 0 Å². The lowest BCUT2D eigenvalue weighted by atomic mass is 9.92. The van der Waals surface area contributed by atoms with Gasteiger partial charge in [-0.3, -0.25) is 4.79 Å². The molecule has 2 aliphatic heterocycles. The molecule has 8 nitrogen and oxygen atoms in total. The summed E-state index contributed by atoms with van der Waals surface area (Å²) in [7, 11) is 0. The third-order valence-corrected chi connectivity index (χ3v) is 6.47. The van der Waals surface area contributed by atoms with Crippen LogP contribution in [0.2, 0.25) is 0 Å². The van der Waals surface area contributed by atoms with E-state index < -0.39 is 12.1 Å². The second-order valence-electron chi connectivity index (χ2n) is 7.79. The third kappa shape index (κ3) is 5.81. The van der Waals surface area contributed by atoms with Crippen molar-refractivity contribution in [2.75, 3.05) is 18.0 Å². The summed E-state index contributed by atoms with van der Waals surface area (Å²) < 4.78 is 37.8. The van der Waals surface area contributed by atoms with Crippen LogP contribution in [0.25, 0.3) is 0 Å². The van der Waals surface area contributed by atoms with Crippen molar-refractivity contribution < 1.29 is 32.6 Å². The highest BCUT2D eigenvalue weighted by atomic mass is 32.1. The Balaban J connectivity index is 0.000000318. The summed E-state index contributed by atoms with van der Waals surface area (Å²) in [4.78, 5) is 23.6. The zero-order valence-electron chi connectivity index (χ0n) is 16.5. The number of aromatic nitrogens is 2. The molecule has 0 radical (unpaired) electrons. The monoisotopic (exact) mass is 450 g/mol. The van der Waals surface area contributed by atoms with E-state index in [1.807, 2.05) is 6.92 Å². The highest BCUT2D eigenvalue weighted by Crippen LogP contribution is 2.35. The van der Waals surface area contributed by atoms with Gasteiger partial charge < -0.3 is 20.1 Å². The summed E-state index contributed by atoms with van der Waals surface area (Å²) in [6, 6.07) is 0.370. The second kappa shape index (κ2) is 9.46. The molecule has 30 heavy (non-hydrogen) atoms. The smallest absolute Gasteiger partial charge is 0.475 e. The molecule has 0 unspecified atom stereocenters. The fraction of sp³-hybridized carbons (Fsp3) is 0.778. The van der Waals surface area contributed by atoms with Gasteiger partial charge in [0.25, 0.3) is 0 Å². The first-order chi connectivity index (χ1) is 14.1. The molecule has 3 atom stereocenters. The number of carbonyl (C=O) groups excluding carboxylic acids is 1. The summed E-state index contributed by atoms with van der Waals surface area (Å²) in [5, 5.41) is 20.6. The number of nitrogens with one attached hydrogen (secondary N) is 1. The van der Waals surface area contributed by atoms with Gasteiger partial charge in [-0.15, -0.1) is 10.2 Å². The summed E-state index contributed by atoms with van der Waals surface area (Å²) in [6.07, 6.45) is 1.44. The number of hydrogen-bond donors (Lipinski definition) is 2. The number of fused-ring (bicyclic) bond motifs is 1. The quantitative estimate of drug-likeness (QED) is 0.729. The number of piperidine rings is 1. The minimum atomic E-state index is -5.08. The average molecular weight is 450 g/mol. The van der Waals surface area contributed by atoms with Gasteiger partial charge in [0.05, 0.1) is 6.10 Å². The SMILES string of the molecule is Cc1nnc(N2CC[C@H]3C[C@@H](C(=O)NC4CCCC4)O[C@H]3C2)s1.O=C(O)C(F)(F)F. The lowest BCUT2D eigenvalue weighted by molar-refractivity contribution is -0.192. The number of rotatable bonds is 3. The topological polar surface area (TPSA) is 105 Å². The van der Waals surface area contributed by atoms with E-state index in [-0.39, 0.29) is 18.1 Å². The molecule has 1 aliphatic carbocycles. The van der Waals surface area contributed by atoms with Gasteiger partial charge in [-0.1, -0.05) is 24.2 Å². The van der Waals surface area contributed by atoms with Crippen LogP contribution in [0.3, 0.4) is 0 Å². The molecule has 1 aromatic rings. The van der Waals surface area contributed by atoms with Crippen molar-refractivity contribution in [1.82, 2.24) is 15.5 Å². The first-order valence-electron chi connectivity index (χ1n) is 9.94. The van der Waals surface area contributed by atoms with E-state index in [2.05, 4.69) is 20.4 Å². The molecule has 1 aromatic heterocycles. The van der Waals surface area contributed by atoms with Gasteiger partial charge >= 0.3 is 12.1 Å². The lowest BCUT2D eigenvalue weighted by Gasteiger charge is -2.33. The van der Waals surface area contributed by atoms with Gasteiger partial charge in [-0.05, 0) is 38.5 Å². The molecule has 1 amide bonds. The van der Waals surface area contributed by atoms with E-state index in [1.54, 1.807) is 11.3 Å². The molecule has 1 saturated carbocycles. The number of carboxylic acids is 1. The molecule has 2 N–H and O–H groups in total. The number of anilines is 1. The number of amides is 1. The van der Waals surface area contributed by atoms with Crippen LogP contribution in [0.15, 0.2) is 0 Å². The molecule has 12 heteroatoms. The van der Waals surface area contributed by atoms with Gasteiger partial charge in [0.1, 0.15) is 11.1 Å². The van der Waals surface area contributed by atoms with Gasteiger partial charge in [0.15, 0.2) is 0 Å². The Morgan fingerprint density at radius 1 is 1.23 bits per heavy atom. The Labute approximate surface area is 175 Å². The minimum absolute atomic E-state index is 0.101. The Morgan fingerprint density at radius 2 is 1.90 bits per heavy atom. The zero-order valence-corrected chi connectivity index (χ0v) is 17.3. The summed E-state index contributed by atoms with van der Waals surface area (Å²) in [5.74, 6) is -2.16. The predicted octanol–water partition coefficient (Wildman–Crippen LogP) is 2.52. The molecule has 3 fully saturated rings. The van der Waals surface area contributed by atoms with Crippen LogP contribution in [-0.4, -0.2) is 64.7 Å². The van der Waals surface area contributed by atoms with E-state index in [4.69, 9.17) is 14.6 Å². The maximum atomic E-state index is 12.4. The van der Waals surface area contributed by atoms with E-state index >= 15 is 0 Å². The second-order valence-corrected chi connectivity index (χ2v) is 8.95. The van der Waals surface area contributed by atoms with Crippen molar-refractivity contribution in [3.63, 3.8) is 0 Å². The van der Waals surface area contributed by atoms with E-state index in [1.165, 1.54) is 12.8 Å². The van der Waals surface area contributed by atoms with Gasteiger partial charge in [0, 0.05) is 19.1 Å². The first kappa shape index (κ1) is 22.7. The number of hydrogen-bond acceptors (Lipinski definition) is 7. The number of carbonyl (C=O) groups is 2. The summed E-state index contributed by atoms with van der Waals surface area (Å²) in [6.45, 7) is 3.78. The minimum Gasteiger partial charge on any atom is -0.475 e. The zero-order chi connectivity index (χ0) is 21.9. The molecule has 3 heterocycles. The fourth-order valence-corrected chi connectivity index (χ4v) is 4.77. The number of carboxylic acid groups (broad SMARTS) is 1. The Morgan fingerprint density at radius 3 is 2.47 bits per heavy atom. The molecular weight excluding hydrogens is 425 g/mol. The Hall–Kier alpha value is -1.95. The maximum absolute atomic E-state index is 12.4. The fourth-order valence-electron chi connectivity index (χ4n) is 4.05. The third-order valence-electron chi connectivity index (χ3n) is 5.57. The Kier molecular flexibility index (Phi) is 7.17. The van der Waals surface area contributed by atoms with Crippen LogP contribution in [0.5, 0.6) is 0 Å². The molecule has 0 bridgehead atoms. The van der Waals surface area contributed by atoms with Crippen LogP contribution in [0.4, 0.5) is 18.3 Å². The molecule has 0 aromatic carbocycles. The lowest BCUT2D eigenvalue weighted by Crippen LogP contribution is -2.43. The van der Waals surface area contributed by atoms with Crippen LogP contribution < -0.4 is 10.2 Å². The summed E-state index contributed by atoms with van der Waals surface area (Å²) >= 11 is 1.63. The molecule has 168 valence electrons. The number of aryl methyl sites for hydroxylation is 1. The average Bonchev–Trinajstić information content (AvgIpc) is 3.41. The normalized spacial score (nSPS) is 26.7. The summed E-state index contributed by atoms with van der Waals surface area (Å²) in [5.41, 5.74) is 0. The largest absolute Gasteiger partial charge is 0.490 e. The van der Waals surface area contributed by atoms with Crippen LogP contribution >= 0.6 is 11.3 Å². The number of halogens is 3. The van der Waals surface area contributed by atoms with Crippen molar-refractivity contribution in [3.05, 3.63) is 5.01 Å². The first-order valence-corrected chi connectivity index (χ1v) is 10.8. The van der Waals surface area contributed by atoms with Crippen molar-refractivity contribution in [2.24, 2.45) is 5.92 Å². The predicted molar refractivity (Wildman–Crippen MR) is 102 cm³/mol. The highest BCUT2D eigenvalue weighted by Gasteiger charge is 2.42. The van der Waals surface area contributed by atoms with Crippen molar-refractivity contribution in [2.45, 2.75) is 69.9 Å². The molecular formula is C18H25F3N4O4S. The number of aliphatic carboxylic acids is 1. The standard InChI is InChI=1S/C16H24N4O2S.C2HF3O2/c1-10-18-19-16(23-10)20-7-6-11-8-13(22-14(11)9-20)15(21)17-12-4-2-3-5-12;3-2(4,5)1(6)7/h11-14H,2-9H2,1H3,(H,17,21);(H,6,7)/t11-,13-,14-;/m0./s1. The molecule has 4 rings (SSSR count). The van der Waals surface area contributed by atoms with Crippen LogP contribution in [0.1, 0.15) is 43.5 Å². The number of nitrogens with zero attached hydrogens (tertiary/aromatic N) is 3. The van der Waals surface area contributed by atoms with Gasteiger partial charge in [-0.2, -0.15) is 13.2 Å². The van der Waals surface area contributed by atoms with Crippen molar-refractivity contribution in [1.29, 1.82) is 0 Å². The highest BCUT2D eigenvalue weighted by molar-refractivity contribution is 7.15.